The molecule has 2 N–H and O–H groups in total. The number of benzene rings is 2. The highest BCUT2D eigenvalue weighted by molar-refractivity contribution is 6.21. The first-order valence-corrected chi connectivity index (χ1v) is 10.2. The smallest absolute Gasteiger partial charge is 0.338 e. The second kappa shape index (κ2) is 9.41. The maximum absolute atomic E-state index is 12.7. The fourth-order valence-corrected chi connectivity index (χ4v) is 3.37. The number of hydrogen-bond acceptors (Lipinski definition) is 7. The maximum Gasteiger partial charge on any atom is 0.338 e. The number of nitrogens with one attached hydrogen (secondary N) is 2. The summed E-state index contributed by atoms with van der Waals surface area (Å²) in [7, 11) is 0. The Morgan fingerprint density at radius 2 is 1.59 bits per heavy atom. The van der Waals surface area contributed by atoms with Crippen molar-refractivity contribution < 1.29 is 33.1 Å². The van der Waals surface area contributed by atoms with E-state index >= 15 is 0 Å². The van der Waals surface area contributed by atoms with Crippen molar-refractivity contribution in [1.82, 2.24) is 4.90 Å². The highest BCUT2D eigenvalue weighted by atomic mass is 16.5. The van der Waals surface area contributed by atoms with Gasteiger partial charge in [0.15, 0.2) is 6.61 Å². The monoisotopic (exact) mass is 461 g/mol. The Labute approximate surface area is 193 Å². The Balaban J connectivity index is 1.35. The molecule has 3 aromatic rings. The molecule has 0 bridgehead atoms. The van der Waals surface area contributed by atoms with Gasteiger partial charge in [-0.25, -0.2) is 4.79 Å². The van der Waals surface area contributed by atoms with Crippen LogP contribution in [0.4, 0.5) is 11.4 Å². The Bertz CT molecular complexity index is 1280. The van der Waals surface area contributed by atoms with Gasteiger partial charge in [0.25, 0.3) is 17.7 Å². The van der Waals surface area contributed by atoms with Crippen LogP contribution in [0.3, 0.4) is 0 Å². The van der Waals surface area contributed by atoms with E-state index in [2.05, 4.69) is 10.6 Å². The molecule has 0 unspecified atom stereocenters. The van der Waals surface area contributed by atoms with Crippen molar-refractivity contribution in [3.8, 4) is 0 Å². The van der Waals surface area contributed by atoms with Gasteiger partial charge in [0.05, 0.1) is 29.5 Å². The molecule has 1 aliphatic rings. The van der Waals surface area contributed by atoms with E-state index in [1.807, 2.05) is 0 Å². The number of hydrogen-bond donors (Lipinski definition) is 2. The Hall–Kier alpha value is -4.73. The van der Waals surface area contributed by atoms with Crippen LogP contribution in [0.5, 0.6) is 0 Å². The zero-order valence-electron chi connectivity index (χ0n) is 18.0. The lowest BCUT2D eigenvalue weighted by Crippen LogP contribution is -2.28. The van der Waals surface area contributed by atoms with Crippen molar-refractivity contribution in [2.24, 2.45) is 0 Å². The molecular weight excluding hydrogens is 442 g/mol. The van der Waals surface area contributed by atoms with Crippen LogP contribution >= 0.6 is 0 Å². The molecule has 0 saturated heterocycles. The zero-order chi connectivity index (χ0) is 24.2. The Morgan fingerprint density at radius 3 is 2.24 bits per heavy atom. The molecule has 0 spiro atoms. The predicted octanol–water partition coefficient (Wildman–Crippen LogP) is 2.83. The second-order valence-corrected chi connectivity index (χ2v) is 7.42. The van der Waals surface area contributed by atoms with E-state index in [-0.39, 0.29) is 29.1 Å². The van der Waals surface area contributed by atoms with Crippen LogP contribution in [-0.2, 0) is 20.9 Å². The summed E-state index contributed by atoms with van der Waals surface area (Å²) in [6, 6.07) is 13.7. The molecule has 172 valence electrons. The summed E-state index contributed by atoms with van der Waals surface area (Å²) < 4.78 is 10.2. The third-order valence-corrected chi connectivity index (χ3v) is 4.92. The van der Waals surface area contributed by atoms with E-state index in [0.717, 1.165) is 4.90 Å². The largest absolute Gasteiger partial charge is 0.467 e. The molecule has 0 fully saturated rings. The molecular formula is C24H19N3O7. The number of ether oxygens (including phenoxy) is 1. The highest BCUT2D eigenvalue weighted by Crippen LogP contribution is 2.26. The average molecular weight is 461 g/mol. The van der Waals surface area contributed by atoms with Crippen molar-refractivity contribution in [3.05, 3.63) is 83.3 Å². The van der Waals surface area contributed by atoms with Crippen molar-refractivity contribution in [1.29, 1.82) is 0 Å². The molecule has 10 heteroatoms. The van der Waals surface area contributed by atoms with Crippen LogP contribution in [0.15, 0.2) is 65.3 Å². The summed E-state index contributed by atoms with van der Waals surface area (Å²) in [6.07, 6.45) is 1.44. The minimum absolute atomic E-state index is 0.0227. The fraction of sp³-hybridized carbons (Fsp3) is 0.125. The topological polar surface area (TPSA) is 135 Å². The summed E-state index contributed by atoms with van der Waals surface area (Å²) in [5.74, 6) is -2.19. The molecule has 34 heavy (non-hydrogen) atoms. The number of anilines is 2. The minimum atomic E-state index is -0.816. The van der Waals surface area contributed by atoms with Crippen LogP contribution in [0, 0.1) is 0 Å². The van der Waals surface area contributed by atoms with Crippen LogP contribution in [0.1, 0.15) is 43.8 Å². The van der Waals surface area contributed by atoms with Crippen molar-refractivity contribution >= 4 is 41.0 Å². The summed E-state index contributed by atoms with van der Waals surface area (Å²) in [5.41, 5.74) is 1.31. The van der Waals surface area contributed by atoms with Gasteiger partial charge in [-0.1, -0.05) is 0 Å². The van der Waals surface area contributed by atoms with Crippen molar-refractivity contribution in [2.45, 2.75) is 13.5 Å². The molecule has 0 saturated carbocycles. The molecule has 1 aromatic heterocycles. The average Bonchev–Trinajstić information content (AvgIpc) is 3.41. The number of rotatable bonds is 7. The van der Waals surface area contributed by atoms with E-state index in [9.17, 15) is 24.0 Å². The quantitative estimate of drug-likeness (QED) is 0.408. The number of imide groups is 1. The van der Waals surface area contributed by atoms with E-state index in [1.165, 1.54) is 31.4 Å². The van der Waals surface area contributed by atoms with E-state index < -0.39 is 30.3 Å². The summed E-state index contributed by atoms with van der Waals surface area (Å²) in [6.45, 7) is 0.807. The van der Waals surface area contributed by atoms with Crippen LogP contribution in [0.2, 0.25) is 0 Å². The van der Waals surface area contributed by atoms with Gasteiger partial charge in [-0.2, -0.15) is 0 Å². The van der Waals surface area contributed by atoms with Crippen molar-refractivity contribution in [2.75, 3.05) is 17.2 Å². The molecule has 0 atom stereocenters. The van der Waals surface area contributed by atoms with Crippen LogP contribution in [0.25, 0.3) is 0 Å². The molecule has 2 aromatic carbocycles. The number of esters is 1. The molecule has 0 aliphatic carbocycles. The number of furan rings is 1. The number of amides is 4. The second-order valence-electron chi connectivity index (χ2n) is 7.42. The molecule has 4 rings (SSSR count). The normalized spacial score (nSPS) is 12.3. The SMILES string of the molecule is CC(=O)Nc1ccc(NC(=O)COC(=O)c2ccc3c(c2)C(=O)N(Cc2ccco2)C3=O)cc1. The number of fused-ring (bicyclic) bond motifs is 1. The van der Waals surface area contributed by atoms with Gasteiger partial charge in [0, 0.05) is 18.3 Å². The summed E-state index contributed by atoms with van der Waals surface area (Å²) in [4.78, 5) is 61.8. The van der Waals surface area contributed by atoms with E-state index in [4.69, 9.17) is 9.15 Å². The lowest BCUT2D eigenvalue weighted by atomic mass is 10.1. The first-order chi connectivity index (χ1) is 16.3. The molecule has 4 amide bonds. The summed E-state index contributed by atoms with van der Waals surface area (Å²) in [5, 5.41) is 5.17. The molecule has 1 aliphatic heterocycles. The van der Waals surface area contributed by atoms with Gasteiger partial charge in [0.2, 0.25) is 5.91 Å². The van der Waals surface area contributed by atoms with Gasteiger partial charge in [0.1, 0.15) is 5.76 Å². The van der Waals surface area contributed by atoms with Gasteiger partial charge in [-0.15, -0.1) is 0 Å². The van der Waals surface area contributed by atoms with Crippen molar-refractivity contribution in [3.63, 3.8) is 0 Å². The van der Waals surface area contributed by atoms with Gasteiger partial charge in [-0.3, -0.25) is 24.1 Å². The van der Waals surface area contributed by atoms with E-state index in [0.29, 0.717) is 17.1 Å². The minimum Gasteiger partial charge on any atom is -0.467 e. The first-order valence-electron chi connectivity index (χ1n) is 10.2. The Morgan fingerprint density at radius 1 is 0.912 bits per heavy atom. The number of nitrogens with zero attached hydrogens (tertiary/aromatic N) is 1. The number of carbonyl (C=O) groups is 5. The van der Waals surface area contributed by atoms with Gasteiger partial charge >= 0.3 is 5.97 Å². The third kappa shape index (κ3) is 4.85. The first kappa shape index (κ1) is 22.5. The number of carbonyl (C=O) groups excluding carboxylic acids is 5. The molecule has 2 heterocycles. The molecule has 0 radical (unpaired) electrons. The lowest BCUT2D eigenvalue weighted by Gasteiger charge is -2.11. The third-order valence-electron chi connectivity index (χ3n) is 4.92. The van der Waals surface area contributed by atoms with Gasteiger partial charge < -0.3 is 19.8 Å². The van der Waals surface area contributed by atoms with Gasteiger partial charge in [-0.05, 0) is 54.6 Å². The lowest BCUT2D eigenvalue weighted by molar-refractivity contribution is -0.119. The van der Waals surface area contributed by atoms with Crippen LogP contribution in [-0.4, -0.2) is 41.1 Å². The standard InChI is InChI=1S/C24H19N3O7/c1-14(28)25-16-5-7-17(8-6-16)26-21(29)13-34-24(32)15-4-9-19-20(11-15)23(31)27(22(19)30)12-18-3-2-10-33-18/h2-11H,12-13H2,1H3,(H,25,28)(H,26,29). The highest BCUT2D eigenvalue weighted by Gasteiger charge is 2.36. The zero-order valence-corrected chi connectivity index (χ0v) is 18.0. The maximum atomic E-state index is 12.7. The van der Waals surface area contributed by atoms with Crippen LogP contribution < -0.4 is 10.6 Å². The van der Waals surface area contributed by atoms with E-state index in [1.54, 1.807) is 36.4 Å². The Kier molecular flexibility index (Phi) is 6.22. The fourth-order valence-electron chi connectivity index (χ4n) is 3.37. The predicted molar refractivity (Wildman–Crippen MR) is 119 cm³/mol. The molecule has 10 nitrogen and oxygen atoms in total. The summed E-state index contributed by atoms with van der Waals surface area (Å²) >= 11 is 0.